The van der Waals surface area contributed by atoms with Crippen molar-refractivity contribution in [1.29, 1.82) is 0 Å². The number of carboxylic acid groups (broad SMARTS) is 1. The number of thiophene rings is 1. The highest BCUT2D eigenvalue weighted by Gasteiger charge is 2.34. The molecule has 3 rings (SSSR count). The first-order valence-corrected chi connectivity index (χ1v) is 8.76. The van der Waals surface area contributed by atoms with E-state index < -0.39 is 11.9 Å². The largest absolute Gasteiger partial charge is 0.481 e. The first-order chi connectivity index (χ1) is 12.0. The number of carbonyl (C=O) groups is 3. The van der Waals surface area contributed by atoms with E-state index in [1.165, 1.54) is 6.26 Å². The molecule has 0 radical (unpaired) electrons. The average molecular weight is 362 g/mol. The van der Waals surface area contributed by atoms with Gasteiger partial charge in [-0.05, 0) is 43.5 Å². The predicted octanol–water partition coefficient (Wildman–Crippen LogP) is 2.88. The Morgan fingerprint density at radius 2 is 2.08 bits per heavy atom. The van der Waals surface area contributed by atoms with Crippen LogP contribution in [0.25, 0.3) is 0 Å². The fourth-order valence-electron chi connectivity index (χ4n) is 3.01. The molecule has 2 aromatic rings. The molecular weight excluding hydrogens is 344 g/mol. The highest BCUT2D eigenvalue weighted by atomic mass is 32.1. The molecule has 0 saturated heterocycles. The van der Waals surface area contributed by atoms with Crippen LogP contribution in [0.4, 0.5) is 5.00 Å². The number of hydrogen-bond donors (Lipinski definition) is 3. The van der Waals surface area contributed by atoms with Gasteiger partial charge in [0.15, 0.2) is 5.76 Å². The molecule has 8 heteroatoms. The van der Waals surface area contributed by atoms with Gasteiger partial charge >= 0.3 is 5.97 Å². The Morgan fingerprint density at radius 3 is 2.76 bits per heavy atom. The standard InChI is InChI=1S/C17H18N2O5S/c1-9-8-13(19-15(20)12-6-3-7-24-12)25-14(9)16(21)18-11-5-2-4-10(11)17(22)23/h3,6-8,10-11H,2,4-5H2,1H3,(H,18,21)(H,19,20)(H,22,23)/t10-,11+/m0/s1. The third-order valence-electron chi connectivity index (χ3n) is 4.26. The molecule has 1 aliphatic carbocycles. The van der Waals surface area contributed by atoms with Gasteiger partial charge in [0, 0.05) is 6.04 Å². The van der Waals surface area contributed by atoms with Crippen molar-refractivity contribution in [3.63, 3.8) is 0 Å². The highest BCUT2D eigenvalue weighted by Crippen LogP contribution is 2.29. The maximum atomic E-state index is 12.5. The molecule has 2 heterocycles. The molecule has 3 N–H and O–H groups in total. The number of rotatable bonds is 5. The van der Waals surface area contributed by atoms with Crippen LogP contribution in [-0.4, -0.2) is 28.9 Å². The second-order valence-electron chi connectivity index (χ2n) is 6.01. The van der Waals surface area contributed by atoms with Gasteiger partial charge in [-0.3, -0.25) is 14.4 Å². The van der Waals surface area contributed by atoms with E-state index in [1.807, 2.05) is 0 Å². The van der Waals surface area contributed by atoms with E-state index in [1.54, 1.807) is 25.1 Å². The number of amides is 2. The molecule has 2 amide bonds. The Bertz CT molecular complexity index is 796. The maximum absolute atomic E-state index is 12.5. The fraction of sp³-hybridized carbons (Fsp3) is 0.353. The van der Waals surface area contributed by atoms with E-state index in [-0.39, 0.29) is 23.6 Å². The summed E-state index contributed by atoms with van der Waals surface area (Å²) in [6.07, 6.45) is 3.44. The van der Waals surface area contributed by atoms with E-state index in [9.17, 15) is 19.5 Å². The molecule has 0 aliphatic heterocycles. The number of furan rings is 1. The lowest BCUT2D eigenvalue weighted by Crippen LogP contribution is -2.40. The van der Waals surface area contributed by atoms with Crippen molar-refractivity contribution in [1.82, 2.24) is 5.32 Å². The minimum Gasteiger partial charge on any atom is -0.481 e. The number of anilines is 1. The summed E-state index contributed by atoms with van der Waals surface area (Å²) >= 11 is 1.15. The number of carbonyl (C=O) groups excluding carboxylic acids is 2. The van der Waals surface area contributed by atoms with Crippen molar-refractivity contribution >= 4 is 34.1 Å². The van der Waals surface area contributed by atoms with Gasteiger partial charge in [0.1, 0.15) is 0 Å². The van der Waals surface area contributed by atoms with Gasteiger partial charge in [0.05, 0.1) is 22.1 Å². The molecule has 25 heavy (non-hydrogen) atoms. The molecule has 0 bridgehead atoms. The third-order valence-corrected chi connectivity index (χ3v) is 5.41. The topological polar surface area (TPSA) is 109 Å². The van der Waals surface area contributed by atoms with Crippen LogP contribution in [0.2, 0.25) is 0 Å². The van der Waals surface area contributed by atoms with E-state index in [2.05, 4.69) is 10.6 Å². The first-order valence-electron chi connectivity index (χ1n) is 7.94. The summed E-state index contributed by atoms with van der Waals surface area (Å²) in [6.45, 7) is 1.78. The first kappa shape index (κ1) is 17.2. The molecule has 1 saturated carbocycles. The van der Waals surface area contributed by atoms with Gasteiger partial charge in [-0.25, -0.2) is 0 Å². The molecule has 0 unspecified atom stereocenters. The van der Waals surface area contributed by atoms with Gasteiger partial charge in [-0.15, -0.1) is 11.3 Å². The second kappa shape index (κ2) is 7.10. The Kier molecular flexibility index (Phi) is 4.89. The Balaban J connectivity index is 1.68. The van der Waals surface area contributed by atoms with Crippen molar-refractivity contribution < 1.29 is 23.9 Å². The average Bonchev–Trinajstić information content (AvgIpc) is 3.27. The normalized spacial score (nSPS) is 19.6. The smallest absolute Gasteiger partial charge is 0.308 e. The number of hydrogen-bond acceptors (Lipinski definition) is 5. The summed E-state index contributed by atoms with van der Waals surface area (Å²) in [4.78, 5) is 36.2. The van der Waals surface area contributed by atoms with Crippen molar-refractivity contribution in [3.8, 4) is 0 Å². The number of nitrogens with one attached hydrogen (secondary N) is 2. The minimum absolute atomic E-state index is 0.187. The van der Waals surface area contributed by atoms with Crippen molar-refractivity contribution in [3.05, 3.63) is 40.7 Å². The fourth-order valence-corrected chi connectivity index (χ4v) is 3.98. The van der Waals surface area contributed by atoms with Crippen LogP contribution in [0.5, 0.6) is 0 Å². The lowest BCUT2D eigenvalue weighted by Gasteiger charge is -2.17. The van der Waals surface area contributed by atoms with Gasteiger partial charge in [-0.1, -0.05) is 6.42 Å². The Morgan fingerprint density at radius 1 is 1.28 bits per heavy atom. The van der Waals surface area contributed by atoms with Crippen LogP contribution in [0.3, 0.4) is 0 Å². The molecule has 1 aliphatic rings. The molecular formula is C17H18N2O5S. The van der Waals surface area contributed by atoms with Crippen LogP contribution in [0.15, 0.2) is 28.9 Å². The van der Waals surface area contributed by atoms with E-state index >= 15 is 0 Å². The van der Waals surface area contributed by atoms with Crippen molar-refractivity contribution in [2.24, 2.45) is 5.92 Å². The van der Waals surface area contributed by atoms with E-state index in [0.717, 1.165) is 23.3 Å². The molecule has 2 atom stereocenters. The molecule has 1 fully saturated rings. The van der Waals surface area contributed by atoms with Crippen LogP contribution in [-0.2, 0) is 4.79 Å². The van der Waals surface area contributed by atoms with Gasteiger partial charge < -0.3 is 20.2 Å². The lowest BCUT2D eigenvalue weighted by molar-refractivity contribution is -0.142. The third kappa shape index (κ3) is 3.74. The summed E-state index contributed by atoms with van der Waals surface area (Å²) in [7, 11) is 0. The SMILES string of the molecule is Cc1cc(NC(=O)c2ccco2)sc1C(=O)N[C@@H]1CCC[C@@H]1C(=O)O. The van der Waals surface area contributed by atoms with Gasteiger partial charge in [0.2, 0.25) is 0 Å². The quantitative estimate of drug-likeness (QED) is 0.758. The zero-order valence-electron chi connectivity index (χ0n) is 13.6. The van der Waals surface area contributed by atoms with Crippen molar-refractivity contribution in [2.75, 3.05) is 5.32 Å². The summed E-state index contributed by atoms with van der Waals surface area (Å²) in [5, 5.41) is 15.3. The molecule has 0 aromatic carbocycles. The monoisotopic (exact) mass is 362 g/mol. The van der Waals surface area contributed by atoms with Gasteiger partial charge in [0.25, 0.3) is 11.8 Å². The molecule has 7 nitrogen and oxygen atoms in total. The zero-order valence-corrected chi connectivity index (χ0v) is 14.4. The highest BCUT2D eigenvalue weighted by molar-refractivity contribution is 7.18. The predicted molar refractivity (Wildman–Crippen MR) is 91.9 cm³/mol. The second-order valence-corrected chi connectivity index (χ2v) is 7.06. The summed E-state index contributed by atoms with van der Waals surface area (Å²) in [5.74, 6) is -1.93. The number of aryl methyl sites for hydroxylation is 1. The lowest BCUT2D eigenvalue weighted by atomic mass is 10.0. The molecule has 0 spiro atoms. The Labute approximate surface area is 148 Å². The Hall–Kier alpha value is -2.61. The number of aliphatic carboxylic acids is 1. The number of carboxylic acids is 1. The zero-order chi connectivity index (χ0) is 18.0. The van der Waals surface area contributed by atoms with Crippen molar-refractivity contribution in [2.45, 2.75) is 32.2 Å². The summed E-state index contributed by atoms with van der Waals surface area (Å²) < 4.78 is 5.03. The summed E-state index contributed by atoms with van der Waals surface area (Å²) in [5.41, 5.74) is 0.724. The van der Waals surface area contributed by atoms with Gasteiger partial charge in [-0.2, -0.15) is 0 Å². The van der Waals surface area contributed by atoms with Crippen LogP contribution in [0, 0.1) is 12.8 Å². The van der Waals surface area contributed by atoms with Crippen LogP contribution < -0.4 is 10.6 Å². The minimum atomic E-state index is -0.878. The van der Waals surface area contributed by atoms with Crippen LogP contribution in [0.1, 0.15) is 45.1 Å². The maximum Gasteiger partial charge on any atom is 0.308 e. The summed E-state index contributed by atoms with van der Waals surface area (Å²) in [6, 6.07) is 4.53. The molecule has 132 valence electrons. The van der Waals surface area contributed by atoms with E-state index in [4.69, 9.17) is 4.42 Å². The van der Waals surface area contributed by atoms with Crippen LogP contribution >= 0.6 is 11.3 Å². The van der Waals surface area contributed by atoms with E-state index in [0.29, 0.717) is 22.7 Å². The molecule has 2 aromatic heterocycles.